The van der Waals surface area contributed by atoms with Gasteiger partial charge in [-0.05, 0) is 70.2 Å². The van der Waals surface area contributed by atoms with Gasteiger partial charge in [-0.15, -0.1) is 24.6 Å². The van der Waals surface area contributed by atoms with Gasteiger partial charge in [0.1, 0.15) is 0 Å². The molecule has 0 saturated heterocycles. The zero-order valence-corrected chi connectivity index (χ0v) is 23.1. The van der Waals surface area contributed by atoms with E-state index in [1.54, 1.807) is 17.8 Å². The van der Waals surface area contributed by atoms with Crippen LogP contribution in [-0.4, -0.2) is 12.0 Å². The van der Waals surface area contributed by atoms with Crippen LogP contribution in [0.2, 0.25) is 0 Å². The number of anilines is 1. The Kier molecular flexibility index (Phi) is 19.8. The molecule has 34 heavy (non-hydrogen) atoms. The van der Waals surface area contributed by atoms with Crippen molar-refractivity contribution in [3.63, 3.8) is 0 Å². The molecule has 2 rings (SSSR count). The maximum absolute atomic E-state index is 4.69. The summed E-state index contributed by atoms with van der Waals surface area (Å²) < 4.78 is 0. The molecular formula is C31H42N2S. The van der Waals surface area contributed by atoms with Crippen molar-refractivity contribution in [3.8, 4) is 12.8 Å². The van der Waals surface area contributed by atoms with Crippen LogP contribution in [0.5, 0.6) is 0 Å². The van der Waals surface area contributed by atoms with E-state index in [0.717, 1.165) is 33.9 Å². The van der Waals surface area contributed by atoms with Crippen LogP contribution < -0.4 is 5.32 Å². The van der Waals surface area contributed by atoms with Gasteiger partial charge in [0.2, 0.25) is 0 Å². The Bertz CT molecular complexity index is 991. The highest BCUT2D eigenvalue weighted by molar-refractivity contribution is 7.98. The van der Waals surface area contributed by atoms with Crippen LogP contribution in [0.3, 0.4) is 0 Å². The number of hydrogen-bond donors (Lipinski definition) is 1. The van der Waals surface area contributed by atoms with Crippen molar-refractivity contribution >= 4 is 23.2 Å². The first-order chi connectivity index (χ1) is 16.3. The molecule has 0 saturated carbocycles. The second kappa shape index (κ2) is 20.4. The molecule has 0 amide bonds. The summed E-state index contributed by atoms with van der Waals surface area (Å²) in [7, 11) is 0. The number of allylic oxidation sites excluding steroid dienone is 5. The van der Waals surface area contributed by atoms with Crippen molar-refractivity contribution in [1.29, 1.82) is 0 Å². The first-order valence-corrected chi connectivity index (χ1v) is 12.5. The molecular weight excluding hydrogens is 432 g/mol. The van der Waals surface area contributed by atoms with Crippen LogP contribution in [0, 0.1) is 19.8 Å². The Balaban J connectivity index is 0. The van der Waals surface area contributed by atoms with Gasteiger partial charge < -0.3 is 5.32 Å². The molecule has 0 aliphatic rings. The second-order valence-electron chi connectivity index (χ2n) is 6.93. The number of para-hydroxylation sites is 1. The minimum atomic E-state index is 0.964. The summed E-state index contributed by atoms with van der Waals surface area (Å²) in [5.41, 5.74) is 7.66. The Morgan fingerprint density at radius 3 is 2.15 bits per heavy atom. The lowest BCUT2D eigenvalue weighted by Gasteiger charge is -2.08. The molecule has 0 aromatic heterocycles. The Hall–Kier alpha value is -3.22. The van der Waals surface area contributed by atoms with E-state index in [0.29, 0.717) is 0 Å². The van der Waals surface area contributed by atoms with Gasteiger partial charge >= 0.3 is 0 Å². The van der Waals surface area contributed by atoms with Gasteiger partial charge in [-0.3, -0.25) is 4.99 Å². The van der Waals surface area contributed by atoms with E-state index in [1.165, 1.54) is 10.5 Å². The first-order valence-electron chi connectivity index (χ1n) is 11.3. The van der Waals surface area contributed by atoms with E-state index in [9.17, 15) is 0 Å². The normalized spacial score (nSPS) is 10.8. The smallest absolute Gasteiger partial charge is 0.0658 e. The van der Waals surface area contributed by atoms with E-state index in [-0.39, 0.29) is 0 Å². The molecule has 0 radical (unpaired) electrons. The lowest BCUT2D eigenvalue weighted by molar-refractivity contribution is 1.26. The molecule has 1 N–H and O–H groups in total. The molecule has 0 fully saturated rings. The summed E-state index contributed by atoms with van der Waals surface area (Å²) in [5, 5.41) is 3.21. The third-order valence-electron chi connectivity index (χ3n) is 4.29. The summed E-state index contributed by atoms with van der Waals surface area (Å²) in [5.74, 6) is 0. The van der Waals surface area contributed by atoms with Crippen molar-refractivity contribution in [1.82, 2.24) is 0 Å². The van der Waals surface area contributed by atoms with Gasteiger partial charge in [-0.2, -0.15) is 0 Å². The summed E-state index contributed by atoms with van der Waals surface area (Å²) >= 11 is 1.73. The Morgan fingerprint density at radius 1 is 1.03 bits per heavy atom. The van der Waals surface area contributed by atoms with Gasteiger partial charge in [-0.25, -0.2) is 0 Å². The van der Waals surface area contributed by atoms with Gasteiger partial charge in [0.15, 0.2) is 0 Å². The fourth-order valence-electron chi connectivity index (χ4n) is 2.61. The van der Waals surface area contributed by atoms with Crippen molar-refractivity contribution < 1.29 is 0 Å². The second-order valence-corrected chi connectivity index (χ2v) is 7.78. The Labute approximate surface area is 213 Å². The van der Waals surface area contributed by atoms with Gasteiger partial charge in [0.05, 0.1) is 11.4 Å². The molecule has 0 heterocycles. The number of benzene rings is 2. The number of thioether (sulfide) groups is 1. The van der Waals surface area contributed by atoms with Crippen LogP contribution in [0.25, 0.3) is 0 Å². The van der Waals surface area contributed by atoms with Crippen LogP contribution in [0.1, 0.15) is 52.7 Å². The summed E-state index contributed by atoms with van der Waals surface area (Å²) in [6.07, 6.45) is 15.8. The maximum Gasteiger partial charge on any atom is 0.0658 e. The lowest BCUT2D eigenvalue weighted by Crippen LogP contribution is -1.96. The fourth-order valence-corrected chi connectivity index (χ4v) is 3.16. The van der Waals surface area contributed by atoms with Gasteiger partial charge in [0.25, 0.3) is 0 Å². The van der Waals surface area contributed by atoms with Crippen molar-refractivity contribution in [2.75, 3.05) is 11.6 Å². The third-order valence-corrected chi connectivity index (χ3v) is 5.09. The molecule has 0 aliphatic carbocycles. The number of terminal acetylenes is 1. The van der Waals surface area contributed by atoms with Crippen molar-refractivity contribution in [2.45, 2.75) is 53.4 Å². The SMILES string of the molecule is C#C.C=C(C)Nc1ccccc1SC.C=C/C=C(N=C(C)c1cccc(C)c1)\C(C)=C/C.CC. The molecule has 0 unspecified atom stereocenters. The molecule has 2 nitrogen and oxygen atoms in total. The topological polar surface area (TPSA) is 24.4 Å². The Morgan fingerprint density at radius 2 is 1.65 bits per heavy atom. The number of aryl methyl sites for hydroxylation is 1. The molecule has 0 aliphatic heterocycles. The molecule has 3 heteroatoms. The quantitative estimate of drug-likeness (QED) is 0.187. The maximum atomic E-state index is 4.69. The summed E-state index contributed by atoms with van der Waals surface area (Å²) in [6.45, 7) is 21.7. The third kappa shape index (κ3) is 13.4. The van der Waals surface area contributed by atoms with Crippen molar-refractivity contribution in [3.05, 3.63) is 108 Å². The average molecular weight is 475 g/mol. The number of nitrogens with one attached hydrogen (secondary N) is 1. The monoisotopic (exact) mass is 474 g/mol. The average Bonchev–Trinajstić information content (AvgIpc) is 2.86. The number of hydrogen-bond acceptors (Lipinski definition) is 3. The van der Waals surface area contributed by atoms with Crippen LogP contribution in [0.4, 0.5) is 5.69 Å². The lowest BCUT2D eigenvalue weighted by atomic mass is 10.1. The molecule has 182 valence electrons. The number of nitrogens with zero attached hydrogens (tertiary/aromatic N) is 1. The fraction of sp³-hybridized carbons (Fsp3) is 0.258. The minimum Gasteiger partial charge on any atom is -0.359 e. The van der Waals surface area contributed by atoms with E-state index >= 15 is 0 Å². The highest BCUT2D eigenvalue weighted by Crippen LogP contribution is 2.25. The highest BCUT2D eigenvalue weighted by atomic mass is 32.2. The van der Waals surface area contributed by atoms with Crippen LogP contribution in [-0.2, 0) is 0 Å². The predicted molar refractivity (Wildman–Crippen MR) is 159 cm³/mol. The highest BCUT2D eigenvalue weighted by Gasteiger charge is 2.01. The van der Waals surface area contributed by atoms with Crippen LogP contribution in [0.15, 0.2) is 107 Å². The van der Waals surface area contributed by atoms with E-state index in [2.05, 4.69) is 98.9 Å². The van der Waals surface area contributed by atoms with Crippen molar-refractivity contribution in [2.24, 2.45) is 4.99 Å². The van der Waals surface area contributed by atoms with E-state index in [4.69, 9.17) is 0 Å². The van der Waals surface area contributed by atoms with E-state index < -0.39 is 0 Å². The number of aliphatic imine (C=N–C) groups is 1. The summed E-state index contributed by atoms with van der Waals surface area (Å²) in [6, 6.07) is 16.6. The number of rotatable bonds is 7. The van der Waals surface area contributed by atoms with Gasteiger partial charge in [-0.1, -0.05) is 81.1 Å². The summed E-state index contributed by atoms with van der Waals surface area (Å²) in [4.78, 5) is 5.94. The van der Waals surface area contributed by atoms with Gasteiger partial charge in [0, 0.05) is 16.3 Å². The molecule has 0 atom stereocenters. The molecule has 0 spiro atoms. The zero-order valence-electron chi connectivity index (χ0n) is 22.3. The van der Waals surface area contributed by atoms with E-state index in [1.807, 2.05) is 52.8 Å². The molecule has 2 aromatic rings. The zero-order chi connectivity index (χ0) is 26.5. The molecule has 2 aromatic carbocycles. The minimum absolute atomic E-state index is 0.964. The standard InChI is InChI=1S/C17H21N.C10H13NS.C2H6.C2H2/c1-6-9-17(14(4)7-2)18-15(5)16-11-8-10-13(3)12-16;1-8(2)11-9-6-4-5-7-10(9)12-3;2*1-2/h6-12H,1H2,2-5H3;4-7,11H,1H2,2-3H3;1-2H3;1-2H/b14-7-,17-9+,18-15?;;;. The largest absolute Gasteiger partial charge is 0.359 e. The first kappa shape index (κ1) is 33.0. The molecule has 0 bridgehead atoms. The predicted octanol–water partition coefficient (Wildman–Crippen LogP) is 9.47. The van der Waals surface area contributed by atoms with Crippen LogP contribution >= 0.6 is 11.8 Å².